The highest BCUT2D eigenvalue weighted by Gasteiger charge is 2.39. The van der Waals surface area contributed by atoms with Crippen LogP contribution in [-0.2, 0) is 20.8 Å². The van der Waals surface area contributed by atoms with Gasteiger partial charge in [0.15, 0.2) is 5.82 Å². The maximum atomic E-state index is 14.5. The highest BCUT2D eigenvalue weighted by atomic mass is 19.2. The van der Waals surface area contributed by atoms with E-state index in [4.69, 9.17) is 0 Å². The van der Waals surface area contributed by atoms with Gasteiger partial charge in [-0.1, -0.05) is 32.9 Å². The molecule has 15 heteroatoms. The van der Waals surface area contributed by atoms with E-state index in [1.807, 2.05) is 0 Å². The van der Waals surface area contributed by atoms with E-state index >= 15 is 0 Å². The Labute approximate surface area is 238 Å². The predicted octanol–water partition coefficient (Wildman–Crippen LogP) is 0.826. The quantitative estimate of drug-likeness (QED) is 0.219. The molecule has 1 fully saturated rings. The van der Waals surface area contributed by atoms with Crippen molar-refractivity contribution in [2.24, 2.45) is 11.8 Å². The SMILES string of the molecule is CC(C)C1NC(=O)[C@H](C)[C@H](O)[C@H](Cc2c(F)nc(F)c(F)c2F)NC(=O)[C@@H](NC(=O)c2ccccc2O)[C@@H](C)NC1=O. The Morgan fingerprint density at radius 3 is 2.21 bits per heavy atom. The maximum absolute atomic E-state index is 14.5. The van der Waals surface area contributed by atoms with Crippen molar-refractivity contribution in [2.45, 2.75) is 64.4 Å². The largest absolute Gasteiger partial charge is 0.507 e. The van der Waals surface area contributed by atoms with Gasteiger partial charge in [-0.2, -0.15) is 18.2 Å². The number of pyridine rings is 1. The second kappa shape index (κ2) is 13.1. The topological polar surface area (TPSA) is 170 Å². The van der Waals surface area contributed by atoms with Crippen molar-refractivity contribution in [1.29, 1.82) is 0 Å². The number of aromatic hydroxyl groups is 1. The lowest BCUT2D eigenvalue weighted by atomic mass is 9.90. The number of benzene rings is 1. The molecule has 0 saturated carbocycles. The number of aliphatic hydroxyl groups is 1. The summed E-state index contributed by atoms with van der Waals surface area (Å²) in [6, 6.07) is -0.260. The average Bonchev–Trinajstić information content (AvgIpc) is 2.93. The molecule has 0 aliphatic carbocycles. The third-order valence-electron chi connectivity index (χ3n) is 7.01. The van der Waals surface area contributed by atoms with Crippen LogP contribution in [-0.4, -0.2) is 69.1 Å². The number of amides is 4. The molecule has 2 aromatic rings. The van der Waals surface area contributed by atoms with Gasteiger partial charge in [-0.05, 0) is 25.0 Å². The summed E-state index contributed by atoms with van der Waals surface area (Å²) in [5, 5.41) is 30.9. The van der Waals surface area contributed by atoms with Crippen LogP contribution < -0.4 is 21.3 Å². The van der Waals surface area contributed by atoms with Crippen LogP contribution in [0.15, 0.2) is 24.3 Å². The van der Waals surface area contributed by atoms with Crippen LogP contribution in [0, 0.1) is 35.4 Å². The molecule has 0 radical (unpaired) electrons. The van der Waals surface area contributed by atoms with Crippen LogP contribution in [0.5, 0.6) is 5.75 Å². The fraction of sp³-hybridized carbons (Fsp3) is 0.444. The first-order valence-corrected chi connectivity index (χ1v) is 13.0. The molecule has 228 valence electrons. The van der Waals surface area contributed by atoms with Crippen LogP contribution in [0.25, 0.3) is 0 Å². The van der Waals surface area contributed by atoms with Crippen molar-refractivity contribution in [2.75, 3.05) is 0 Å². The second-order valence-electron chi connectivity index (χ2n) is 10.4. The van der Waals surface area contributed by atoms with E-state index in [9.17, 15) is 47.0 Å². The summed E-state index contributed by atoms with van der Waals surface area (Å²) in [5.74, 6) is -13.7. The van der Waals surface area contributed by atoms with Crippen molar-refractivity contribution < 1.29 is 47.0 Å². The molecular weight excluding hydrogens is 566 g/mol. The first-order valence-electron chi connectivity index (χ1n) is 13.0. The molecule has 2 heterocycles. The van der Waals surface area contributed by atoms with Crippen LogP contribution in [0.4, 0.5) is 17.6 Å². The van der Waals surface area contributed by atoms with Crippen LogP contribution in [0.1, 0.15) is 43.6 Å². The van der Waals surface area contributed by atoms with Crippen molar-refractivity contribution in [1.82, 2.24) is 26.3 Å². The van der Waals surface area contributed by atoms with Gasteiger partial charge in [0.2, 0.25) is 29.5 Å². The Balaban J connectivity index is 2.07. The second-order valence-corrected chi connectivity index (χ2v) is 10.4. The minimum absolute atomic E-state index is 0.218. The molecule has 6 atom stereocenters. The summed E-state index contributed by atoms with van der Waals surface area (Å²) in [7, 11) is 0. The van der Waals surface area contributed by atoms with Gasteiger partial charge in [0.05, 0.1) is 29.7 Å². The summed E-state index contributed by atoms with van der Waals surface area (Å²) in [6.45, 7) is 5.81. The van der Waals surface area contributed by atoms with Gasteiger partial charge >= 0.3 is 0 Å². The Morgan fingerprint density at radius 1 is 0.952 bits per heavy atom. The van der Waals surface area contributed by atoms with E-state index in [1.54, 1.807) is 13.8 Å². The highest BCUT2D eigenvalue weighted by Crippen LogP contribution is 2.22. The molecule has 0 bridgehead atoms. The molecular formula is C27H31F4N5O6. The zero-order valence-electron chi connectivity index (χ0n) is 23.0. The number of carbonyl (C=O) groups excluding carboxylic acids is 4. The molecule has 42 heavy (non-hydrogen) atoms. The molecule has 1 unspecified atom stereocenters. The van der Waals surface area contributed by atoms with Gasteiger partial charge in [-0.25, -0.2) is 4.39 Å². The Kier molecular flexibility index (Phi) is 10.1. The number of phenolic OH excluding ortho intramolecular Hbond substituents is 1. The third-order valence-corrected chi connectivity index (χ3v) is 7.01. The van der Waals surface area contributed by atoms with Gasteiger partial charge in [0, 0.05) is 12.0 Å². The minimum atomic E-state index is -2.09. The number of nitrogens with zero attached hydrogens (tertiary/aromatic N) is 1. The number of halogens is 4. The number of hydrogen-bond acceptors (Lipinski definition) is 7. The number of aliphatic hydroxyl groups excluding tert-OH is 1. The van der Waals surface area contributed by atoms with Gasteiger partial charge < -0.3 is 31.5 Å². The summed E-state index contributed by atoms with van der Waals surface area (Å²) < 4.78 is 56.3. The maximum Gasteiger partial charge on any atom is 0.255 e. The molecule has 1 aliphatic rings. The van der Waals surface area contributed by atoms with E-state index < -0.39 is 107 Å². The number of hydrogen-bond donors (Lipinski definition) is 6. The fourth-order valence-corrected chi connectivity index (χ4v) is 4.46. The normalized spacial score (nSPS) is 25.5. The smallest absolute Gasteiger partial charge is 0.255 e. The van der Waals surface area contributed by atoms with Gasteiger partial charge in [-0.3, -0.25) is 19.2 Å². The lowest BCUT2D eigenvalue weighted by molar-refractivity contribution is -0.136. The number of para-hydroxylation sites is 1. The first kappa shape index (κ1) is 32.2. The number of rotatable bonds is 5. The number of phenols is 1. The summed E-state index contributed by atoms with van der Waals surface area (Å²) in [4.78, 5) is 55.3. The summed E-state index contributed by atoms with van der Waals surface area (Å²) in [6.07, 6.45) is -2.87. The van der Waals surface area contributed by atoms with E-state index in [-0.39, 0.29) is 5.56 Å². The summed E-state index contributed by atoms with van der Waals surface area (Å²) in [5.41, 5.74) is -1.33. The molecule has 6 N–H and O–H groups in total. The van der Waals surface area contributed by atoms with E-state index in [0.717, 1.165) is 0 Å². The number of nitrogens with one attached hydrogen (secondary N) is 4. The Bertz CT molecular complexity index is 1380. The van der Waals surface area contributed by atoms with Crippen molar-refractivity contribution in [3.05, 3.63) is 58.9 Å². The molecule has 0 spiro atoms. The van der Waals surface area contributed by atoms with E-state index in [1.165, 1.54) is 38.1 Å². The molecule has 3 rings (SSSR count). The standard InChI is InChI=1S/C27H31F4N5O6/c1-10(2)19-26(41)32-12(4)20(35-25(40)13-7-5-6-8-16(13)37)27(42)33-15(21(38)11(3)24(39)34-19)9-14-17(28)18(29)23(31)36-22(14)30/h5-8,10-12,15,19-21,37-38H,9H2,1-4H3,(H,32,41)(H,33,42)(H,34,39)(H,35,40)/t11-,12-,15+,19?,20+,21+/m1/s1. The van der Waals surface area contributed by atoms with Crippen molar-refractivity contribution >= 4 is 23.6 Å². The average molecular weight is 598 g/mol. The predicted molar refractivity (Wildman–Crippen MR) is 139 cm³/mol. The molecule has 4 amide bonds. The van der Waals surface area contributed by atoms with E-state index in [0.29, 0.717) is 0 Å². The highest BCUT2D eigenvalue weighted by molar-refractivity contribution is 6.00. The van der Waals surface area contributed by atoms with Gasteiger partial charge in [0.25, 0.3) is 11.9 Å². The van der Waals surface area contributed by atoms with Crippen LogP contribution >= 0.6 is 0 Å². The third kappa shape index (κ3) is 6.95. The molecule has 1 aromatic carbocycles. The van der Waals surface area contributed by atoms with Crippen LogP contribution in [0.2, 0.25) is 0 Å². The van der Waals surface area contributed by atoms with Crippen LogP contribution in [0.3, 0.4) is 0 Å². The van der Waals surface area contributed by atoms with E-state index in [2.05, 4.69) is 26.3 Å². The first-order chi connectivity index (χ1) is 19.6. The Hall–Kier alpha value is -4.27. The molecule has 11 nitrogen and oxygen atoms in total. The van der Waals surface area contributed by atoms with Gasteiger partial charge in [0.1, 0.15) is 17.8 Å². The van der Waals surface area contributed by atoms with Gasteiger partial charge in [-0.15, -0.1) is 0 Å². The van der Waals surface area contributed by atoms with Crippen molar-refractivity contribution in [3.63, 3.8) is 0 Å². The lowest BCUT2D eigenvalue weighted by Crippen LogP contribution is -2.64. The lowest BCUT2D eigenvalue weighted by Gasteiger charge is -2.34. The fourth-order valence-electron chi connectivity index (χ4n) is 4.46. The molecule has 1 aromatic heterocycles. The zero-order valence-corrected chi connectivity index (χ0v) is 23.0. The summed E-state index contributed by atoms with van der Waals surface area (Å²) >= 11 is 0. The number of carbonyl (C=O) groups is 4. The monoisotopic (exact) mass is 597 g/mol. The Morgan fingerprint density at radius 2 is 1.60 bits per heavy atom. The number of aromatic nitrogens is 1. The van der Waals surface area contributed by atoms with Crippen molar-refractivity contribution in [3.8, 4) is 5.75 Å². The zero-order chi connectivity index (χ0) is 31.5. The molecule has 1 aliphatic heterocycles. The minimum Gasteiger partial charge on any atom is -0.507 e. The molecule has 1 saturated heterocycles.